The van der Waals surface area contributed by atoms with Gasteiger partial charge >= 0.3 is 0 Å². The van der Waals surface area contributed by atoms with Gasteiger partial charge in [0.05, 0.1) is 0 Å². The predicted octanol–water partition coefficient (Wildman–Crippen LogP) is 9.72. The Balaban J connectivity index is 0.000000254. The molecule has 59 heavy (non-hydrogen) atoms. The summed E-state index contributed by atoms with van der Waals surface area (Å²) in [7, 11) is 0. The van der Waals surface area contributed by atoms with Gasteiger partial charge < -0.3 is 17.2 Å². The molecule has 0 bridgehead atoms. The zero-order valence-corrected chi connectivity index (χ0v) is 34.2. The van der Waals surface area contributed by atoms with Crippen LogP contribution in [0.15, 0.2) is 146 Å². The van der Waals surface area contributed by atoms with Crippen LogP contribution in [-0.4, -0.2) is 34.7 Å². The lowest BCUT2D eigenvalue weighted by molar-refractivity contribution is 0.0981. The van der Waals surface area contributed by atoms with Crippen molar-refractivity contribution in [3.8, 4) is 0 Å². The molecule has 0 fully saturated rings. The van der Waals surface area contributed by atoms with E-state index in [0.717, 1.165) is 23.2 Å². The zero-order valence-electron chi connectivity index (χ0n) is 34.2. The molecule has 0 amide bonds. The van der Waals surface area contributed by atoms with Crippen LogP contribution < -0.4 is 17.2 Å². The lowest BCUT2D eigenvalue weighted by Crippen LogP contribution is -2.10. The minimum absolute atomic E-state index is 0.102. The summed E-state index contributed by atoms with van der Waals surface area (Å²) in [5.41, 5.74) is 23.7. The standard InChI is InChI=1S/C26H24O3.C12H12O3.C6H8N2.C6H7N/c1-3-19-10-7-11-21(12-19)14-26(29)24-16-22(18(2)27)15-23(17-24)25(28)13-20-8-5-4-6-9-20;1-7(13)10-4-11(8(2)14)6-12(5-10)9(3)15;7-5-2-1-3-6(8)4-5;7-6-4-2-1-3-5-6/h4-12,15-17H,3,13-14H2,1-2H3;4-6H,1-3H3;1-4H,7-8H2;1-5H,7H2. The number of nitrogen functional groups attached to an aromatic ring is 3. The second kappa shape index (κ2) is 23.1. The Morgan fingerprint density at radius 3 is 1.03 bits per heavy atom. The van der Waals surface area contributed by atoms with Crippen molar-refractivity contribution in [3.63, 3.8) is 0 Å². The second-order valence-electron chi connectivity index (χ2n) is 13.8. The molecule has 6 rings (SSSR count). The highest BCUT2D eigenvalue weighted by Crippen LogP contribution is 2.18. The maximum absolute atomic E-state index is 12.9. The summed E-state index contributed by atoms with van der Waals surface area (Å²) in [6.45, 7) is 7.73. The number of carbonyl (C=O) groups excluding carboxylic acids is 6. The molecule has 0 unspecified atom stereocenters. The topological polar surface area (TPSA) is 180 Å². The van der Waals surface area contributed by atoms with Crippen molar-refractivity contribution in [2.24, 2.45) is 0 Å². The maximum atomic E-state index is 12.9. The molecular formula is C50H51N3O6. The van der Waals surface area contributed by atoms with Gasteiger partial charge in [0.1, 0.15) is 0 Å². The molecule has 0 radical (unpaired) electrons. The quantitative estimate of drug-likeness (QED) is 0.0850. The number of hydrogen-bond acceptors (Lipinski definition) is 9. The van der Waals surface area contributed by atoms with Gasteiger partial charge in [0.2, 0.25) is 0 Å². The highest BCUT2D eigenvalue weighted by molar-refractivity contribution is 6.07. The van der Waals surface area contributed by atoms with E-state index in [-0.39, 0.29) is 47.5 Å². The number of ketones is 6. The number of aryl methyl sites for hydroxylation is 1. The third kappa shape index (κ3) is 16.0. The summed E-state index contributed by atoms with van der Waals surface area (Å²) < 4.78 is 0. The van der Waals surface area contributed by atoms with Gasteiger partial charge in [-0.05, 0) is 118 Å². The van der Waals surface area contributed by atoms with Crippen LogP contribution in [-0.2, 0) is 19.3 Å². The van der Waals surface area contributed by atoms with Crippen LogP contribution in [0.25, 0.3) is 0 Å². The molecule has 0 aliphatic rings. The number of nitrogens with two attached hydrogens (primary N) is 3. The molecule has 6 N–H and O–H groups in total. The molecule has 0 aromatic heterocycles. The largest absolute Gasteiger partial charge is 0.399 e. The zero-order chi connectivity index (χ0) is 43.5. The van der Waals surface area contributed by atoms with Gasteiger partial charge in [0, 0.05) is 63.3 Å². The van der Waals surface area contributed by atoms with Crippen molar-refractivity contribution in [1.82, 2.24) is 0 Å². The summed E-state index contributed by atoms with van der Waals surface area (Å²) in [5, 5.41) is 0. The van der Waals surface area contributed by atoms with Crippen molar-refractivity contribution in [1.29, 1.82) is 0 Å². The lowest BCUT2D eigenvalue weighted by atomic mass is 9.94. The second-order valence-corrected chi connectivity index (χ2v) is 13.8. The average Bonchev–Trinajstić information content (AvgIpc) is 3.21. The van der Waals surface area contributed by atoms with Crippen LogP contribution >= 0.6 is 0 Å². The van der Waals surface area contributed by atoms with Crippen LogP contribution in [0.3, 0.4) is 0 Å². The Morgan fingerprint density at radius 1 is 0.356 bits per heavy atom. The average molecular weight is 790 g/mol. The van der Waals surface area contributed by atoms with E-state index in [1.165, 1.54) is 51.5 Å². The van der Waals surface area contributed by atoms with E-state index >= 15 is 0 Å². The fourth-order valence-electron chi connectivity index (χ4n) is 5.53. The Morgan fingerprint density at radius 2 is 0.678 bits per heavy atom. The van der Waals surface area contributed by atoms with Crippen LogP contribution in [0.5, 0.6) is 0 Å². The van der Waals surface area contributed by atoms with Crippen LogP contribution in [0.4, 0.5) is 17.1 Å². The van der Waals surface area contributed by atoms with Crippen molar-refractivity contribution in [2.45, 2.75) is 53.9 Å². The molecule has 9 nitrogen and oxygen atoms in total. The van der Waals surface area contributed by atoms with E-state index < -0.39 is 0 Å². The SMILES string of the molecule is CC(=O)c1cc(C(C)=O)cc(C(C)=O)c1.CCc1cccc(CC(=O)c2cc(C(C)=O)cc(C(=O)Cc3ccccc3)c2)c1.Nc1cccc(N)c1.Nc1ccccc1. The molecule has 302 valence electrons. The fourth-order valence-corrected chi connectivity index (χ4v) is 5.53. The van der Waals surface area contributed by atoms with E-state index in [2.05, 4.69) is 6.92 Å². The van der Waals surface area contributed by atoms with Crippen molar-refractivity contribution in [3.05, 3.63) is 196 Å². The number of para-hydroxylation sites is 1. The first-order valence-corrected chi connectivity index (χ1v) is 19.0. The van der Waals surface area contributed by atoms with E-state index in [9.17, 15) is 28.8 Å². The normalized spacial score (nSPS) is 9.92. The molecule has 6 aromatic carbocycles. The summed E-state index contributed by atoms with van der Waals surface area (Å²) in [6, 6.07) is 43.3. The van der Waals surface area contributed by atoms with Crippen molar-refractivity contribution in [2.75, 3.05) is 17.2 Å². The Bertz CT molecular complexity index is 2310. The van der Waals surface area contributed by atoms with Crippen LogP contribution in [0.2, 0.25) is 0 Å². The van der Waals surface area contributed by atoms with E-state index in [1.807, 2.05) is 91.0 Å². The predicted molar refractivity (Wildman–Crippen MR) is 237 cm³/mol. The number of Topliss-reactive ketones (excluding diaryl/α,β-unsaturated/α-hetero) is 6. The molecule has 0 heterocycles. The fraction of sp³-hybridized carbons (Fsp3) is 0.160. The molecule has 0 atom stereocenters. The first-order valence-electron chi connectivity index (χ1n) is 19.0. The first kappa shape index (κ1) is 46.1. The molecule has 6 aromatic rings. The van der Waals surface area contributed by atoms with E-state index in [0.29, 0.717) is 44.8 Å². The number of carbonyl (C=O) groups is 6. The summed E-state index contributed by atoms with van der Waals surface area (Å²) in [6.07, 6.45) is 1.37. The smallest absolute Gasteiger partial charge is 0.167 e. The Kier molecular flexibility index (Phi) is 18.0. The van der Waals surface area contributed by atoms with Gasteiger partial charge in [0.25, 0.3) is 0 Å². The van der Waals surface area contributed by atoms with Gasteiger partial charge in [-0.3, -0.25) is 28.8 Å². The van der Waals surface area contributed by atoms with Gasteiger partial charge in [0.15, 0.2) is 34.7 Å². The van der Waals surface area contributed by atoms with Crippen molar-refractivity contribution >= 4 is 51.8 Å². The van der Waals surface area contributed by atoms with Crippen LogP contribution in [0.1, 0.15) is 113 Å². The van der Waals surface area contributed by atoms with E-state index in [1.54, 1.807) is 36.4 Å². The summed E-state index contributed by atoms with van der Waals surface area (Å²) >= 11 is 0. The number of benzene rings is 6. The van der Waals surface area contributed by atoms with Gasteiger partial charge in [-0.1, -0.05) is 85.8 Å². The van der Waals surface area contributed by atoms with Crippen molar-refractivity contribution < 1.29 is 28.8 Å². The highest BCUT2D eigenvalue weighted by atomic mass is 16.1. The number of rotatable bonds is 11. The van der Waals surface area contributed by atoms with Gasteiger partial charge in [-0.2, -0.15) is 0 Å². The third-order valence-corrected chi connectivity index (χ3v) is 8.82. The monoisotopic (exact) mass is 789 g/mol. The minimum Gasteiger partial charge on any atom is -0.399 e. The van der Waals surface area contributed by atoms with Gasteiger partial charge in [-0.25, -0.2) is 0 Å². The Hall–Kier alpha value is -7.26. The van der Waals surface area contributed by atoms with E-state index in [4.69, 9.17) is 17.2 Å². The highest BCUT2D eigenvalue weighted by Gasteiger charge is 2.16. The first-order chi connectivity index (χ1) is 28.1. The third-order valence-electron chi connectivity index (χ3n) is 8.82. The minimum atomic E-state index is -0.165. The summed E-state index contributed by atoms with van der Waals surface area (Å²) in [5.74, 6) is -0.834. The molecule has 0 spiro atoms. The number of anilines is 3. The molecule has 0 saturated carbocycles. The molecule has 0 aliphatic heterocycles. The van der Waals surface area contributed by atoms with Gasteiger partial charge in [-0.15, -0.1) is 0 Å². The summed E-state index contributed by atoms with van der Waals surface area (Å²) in [4.78, 5) is 71.2. The molecule has 9 heteroatoms. The lowest BCUT2D eigenvalue weighted by Gasteiger charge is -2.09. The molecule has 0 saturated heterocycles. The maximum Gasteiger partial charge on any atom is 0.167 e. The molecule has 0 aliphatic carbocycles. The molecular weight excluding hydrogens is 739 g/mol. The number of hydrogen-bond donors (Lipinski definition) is 3. The Labute approximate surface area is 346 Å². The van der Waals surface area contributed by atoms with Crippen LogP contribution in [0, 0.1) is 0 Å².